The molecular formula is C13H10N2O2. The molecule has 0 aliphatic rings. The zero-order valence-electron chi connectivity index (χ0n) is 8.91. The summed E-state index contributed by atoms with van der Waals surface area (Å²) in [5.74, 6) is 1.22. The molecule has 1 aromatic carbocycles. The molecule has 0 saturated carbocycles. The molecule has 4 nitrogen and oxygen atoms in total. The van der Waals surface area contributed by atoms with E-state index in [-0.39, 0.29) is 11.5 Å². The monoisotopic (exact) mass is 226 g/mol. The lowest BCUT2D eigenvalue weighted by Gasteiger charge is -2.02. The van der Waals surface area contributed by atoms with E-state index in [1.165, 1.54) is 0 Å². The number of fused-ring (bicyclic) bond motifs is 1. The summed E-state index contributed by atoms with van der Waals surface area (Å²) in [5.41, 5.74) is 1.74. The fourth-order valence-corrected chi connectivity index (χ4v) is 1.81. The van der Waals surface area contributed by atoms with Crippen molar-refractivity contribution in [1.82, 2.24) is 9.38 Å². The second kappa shape index (κ2) is 3.52. The Hall–Kier alpha value is -2.49. The molecular weight excluding hydrogens is 216 g/mol. The molecule has 17 heavy (non-hydrogen) atoms. The molecule has 0 saturated heterocycles. The summed E-state index contributed by atoms with van der Waals surface area (Å²) in [6.07, 6.45) is 3.46. The molecule has 0 amide bonds. The van der Waals surface area contributed by atoms with E-state index in [0.717, 1.165) is 16.9 Å². The average Bonchev–Trinajstić information content (AvgIpc) is 2.73. The predicted molar refractivity (Wildman–Crippen MR) is 64.0 cm³/mol. The first-order valence-corrected chi connectivity index (χ1v) is 5.19. The maximum absolute atomic E-state index is 9.37. The zero-order valence-corrected chi connectivity index (χ0v) is 8.91. The van der Waals surface area contributed by atoms with E-state index in [4.69, 9.17) is 0 Å². The van der Waals surface area contributed by atoms with Crippen molar-refractivity contribution in [2.45, 2.75) is 0 Å². The number of aromatic hydroxyl groups is 2. The normalized spacial score (nSPS) is 10.8. The molecule has 0 aliphatic heterocycles. The third kappa shape index (κ3) is 1.59. The molecule has 0 unspecified atom stereocenters. The van der Waals surface area contributed by atoms with E-state index in [2.05, 4.69) is 4.98 Å². The molecule has 0 fully saturated rings. The maximum Gasteiger partial charge on any atom is 0.144 e. The molecule has 84 valence electrons. The Morgan fingerprint density at radius 2 is 1.71 bits per heavy atom. The highest BCUT2D eigenvalue weighted by atomic mass is 16.3. The number of phenols is 1. The van der Waals surface area contributed by atoms with Crippen molar-refractivity contribution in [2.24, 2.45) is 0 Å². The van der Waals surface area contributed by atoms with Gasteiger partial charge in [-0.25, -0.2) is 4.98 Å². The van der Waals surface area contributed by atoms with Crippen molar-refractivity contribution < 1.29 is 10.2 Å². The summed E-state index contributed by atoms with van der Waals surface area (Å²) < 4.78 is 1.88. The average molecular weight is 226 g/mol. The Morgan fingerprint density at radius 1 is 0.941 bits per heavy atom. The van der Waals surface area contributed by atoms with Crippen LogP contribution in [0.5, 0.6) is 11.5 Å². The fraction of sp³-hybridized carbons (Fsp3) is 0. The van der Waals surface area contributed by atoms with Gasteiger partial charge in [0.15, 0.2) is 0 Å². The van der Waals surface area contributed by atoms with Crippen LogP contribution in [0.1, 0.15) is 0 Å². The van der Waals surface area contributed by atoms with Gasteiger partial charge in [0.1, 0.15) is 17.3 Å². The highest BCUT2D eigenvalue weighted by Gasteiger charge is 2.06. The van der Waals surface area contributed by atoms with Crippen LogP contribution in [0.25, 0.3) is 16.9 Å². The van der Waals surface area contributed by atoms with Gasteiger partial charge in [-0.1, -0.05) is 0 Å². The van der Waals surface area contributed by atoms with Crippen molar-refractivity contribution in [3.05, 3.63) is 48.8 Å². The van der Waals surface area contributed by atoms with E-state index in [9.17, 15) is 10.2 Å². The largest absolute Gasteiger partial charge is 0.508 e. The van der Waals surface area contributed by atoms with Crippen LogP contribution in [-0.2, 0) is 0 Å². The summed E-state index contributed by atoms with van der Waals surface area (Å²) in [7, 11) is 0. The smallest absolute Gasteiger partial charge is 0.144 e. The van der Waals surface area contributed by atoms with Gasteiger partial charge < -0.3 is 10.2 Å². The van der Waals surface area contributed by atoms with Gasteiger partial charge in [0.05, 0.1) is 11.7 Å². The van der Waals surface area contributed by atoms with Crippen LogP contribution in [0.3, 0.4) is 0 Å². The van der Waals surface area contributed by atoms with E-state index in [0.29, 0.717) is 0 Å². The molecule has 0 aliphatic carbocycles. The third-order valence-electron chi connectivity index (χ3n) is 2.64. The Bertz CT molecular complexity index is 671. The summed E-state index contributed by atoms with van der Waals surface area (Å²) in [6.45, 7) is 0. The Balaban J connectivity index is 2.21. The van der Waals surface area contributed by atoms with Crippen molar-refractivity contribution in [2.75, 3.05) is 0 Å². The van der Waals surface area contributed by atoms with Gasteiger partial charge in [-0.05, 0) is 30.3 Å². The van der Waals surface area contributed by atoms with E-state index < -0.39 is 0 Å². The number of imidazole rings is 1. The van der Waals surface area contributed by atoms with Gasteiger partial charge >= 0.3 is 0 Å². The predicted octanol–water partition coefficient (Wildman–Crippen LogP) is 2.41. The maximum atomic E-state index is 9.37. The standard InChI is InChI=1S/C13H10N2O2/c16-11-3-1-9(2-4-11)13-14-8-10-7-12(17)5-6-15(10)13/h1-8,16-17H. The van der Waals surface area contributed by atoms with Crippen molar-refractivity contribution in [3.8, 4) is 22.9 Å². The molecule has 3 rings (SSSR count). The second-order valence-electron chi connectivity index (χ2n) is 3.81. The molecule has 0 radical (unpaired) electrons. The lowest BCUT2D eigenvalue weighted by Crippen LogP contribution is -1.88. The van der Waals surface area contributed by atoms with Gasteiger partial charge in [0.25, 0.3) is 0 Å². The summed E-state index contributed by atoms with van der Waals surface area (Å²) >= 11 is 0. The Labute approximate surface area is 97.4 Å². The van der Waals surface area contributed by atoms with Gasteiger partial charge in [-0.2, -0.15) is 0 Å². The van der Waals surface area contributed by atoms with Gasteiger partial charge in [-0.15, -0.1) is 0 Å². The lowest BCUT2D eigenvalue weighted by atomic mass is 10.2. The topological polar surface area (TPSA) is 57.8 Å². The number of hydrogen-bond donors (Lipinski definition) is 2. The van der Waals surface area contributed by atoms with Crippen molar-refractivity contribution in [1.29, 1.82) is 0 Å². The minimum Gasteiger partial charge on any atom is -0.508 e. The molecule has 0 bridgehead atoms. The first-order valence-electron chi connectivity index (χ1n) is 5.19. The number of nitrogens with zero attached hydrogens (tertiary/aromatic N) is 2. The van der Waals surface area contributed by atoms with Crippen LogP contribution in [0, 0.1) is 0 Å². The quantitative estimate of drug-likeness (QED) is 0.670. The molecule has 2 heterocycles. The Morgan fingerprint density at radius 3 is 2.47 bits per heavy atom. The van der Waals surface area contributed by atoms with Crippen LogP contribution in [0.4, 0.5) is 0 Å². The molecule has 3 aromatic rings. The zero-order chi connectivity index (χ0) is 11.8. The van der Waals surface area contributed by atoms with Crippen LogP contribution in [-0.4, -0.2) is 19.6 Å². The van der Waals surface area contributed by atoms with Crippen LogP contribution < -0.4 is 0 Å². The SMILES string of the molecule is Oc1ccc(-c2ncc3cc(O)ccn23)cc1. The fourth-order valence-electron chi connectivity index (χ4n) is 1.81. The third-order valence-corrected chi connectivity index (χ3v) is 2.64. The minimum absolute atomic E-state index is 0.217. The molecule has 2 N–H and O–H groups in total. The highest BCUT2D eigenvalue weighted by Crippen LogP contribution is 2.23. The number of aromatic nitrogens is 2. The number of phenolic OH excluding ortho intramolecular Hbond substituents is 1. The number of pyridine rings is 1. The van der Waals surface area contributed by atoms with Crippen molar-refractivity contribution in [3.63, 3.8) is 0 Å². The first kappa shape index (κ1) is 9.72. The van der Waals surface area contributed by atoms with Gasteiger partial charge in [-0.3, -0.25) is 4.40 Å². The molecule has 2 aromatic heterocycles. The first-order chi connectivity index (χ1) is 8.24. The molecule has 4 heteroatoms. The van der Waals surface area contributed by atoms with E-state index >= 15 is 0 Å². The number of benzene rings is 1. The Kier molecular flexibility index (Phi) is 2.01. The van der Waals surface area contributed by atoms with E-state index in [1.807, 2.05) is 4.40 Å². The number of rotatable bonds is 1. The van der Waals surface area contributed by atoms with Crippen LogP contribution in [0.2, 0.25) is 0 Å². The van der Waals surface area contributed by atoms with Crippen molar-refractivity contribution >= 4 is 5.52 Å². The number of hydrogen-bond acceptors (Lipinski definition) is 3. The summed E-state index contributed by atoms with van der Waals surface area (Å²) in [6, 6.07) is 10.1. The minimum atomic E-state index is 0.217. The van der Waals surface area contributed by atoms with Gasteiger partial charge in [0, 0.05) is 17.8 Å². The lowest BCUT2D eigenvalue weighted by molar-refractivity contribution is 0.475. The summed E-state index contributed by atoms with van der Waals surface area (Å²) in [4.78, 5) is 4.31. The second-order valence-corrected chi connectivity index (χ2v) is 3.81. The summed E-state index contributed by atoms with van der Waals surface area (Å²) in [5, 5.41) is 18.6. The molecule has 0 spiro atoms. The van der Waals surface area contributed by atoms with Crippen LogP contribution in [0.15, 0.2) is 48.8 Å². The van der Waals surface area contributed by atoms with Gasteiger partial charge in [0.2, 0.25) is 0 Å². The van der Waals surface area contributed by atoms with Crippen LogP contribution >= 0.6 is 0 Å². The highest BCUT2D eigenvalue weighted by molar-refractivity contribution is 5.63. The van der Waals surface area contributed by atoms with E-state index in [1.54, 1.807) is 48.8 Å². The molecule has 0 atom stereocenters.